The summed E-state index contributed by atoms with van der Waals surface area (Å²) in [4.78, 5) is 4.09. The van der Waals surface area contributed by atoms with Gasteiger partial charge in [0.05, 0.1) is 11.9 Å². The third-order valence-corrected chi connectivity index (χ3v) is 3.39. The van der Waals surface area contributed by atoms with E-state index in [2.05, 4.69) is 17.2 Å². The van der Waals surface area contributed by atoms with Crippen LogP contribution in [0, 0.1) is 6.92 Å². The minimum Gasteiger partial charge on any atom is -0.384 e. The molecule has 0 spiro atoms. The highest BCUT2D eigenvalue weighted by Gasteiger charge is 1.97. The normalized spacial score (nSPS) is 10.3. The van der Waals surface area contributed by atoms with Gasteiger partial charge in [-0.05, 0) is 36.5 Å². The maximum Gasteiger partial charge on any atom is 0.132 e. The third-order valence-electron chi connectivity index (χ3n) is 2.01. The fraction of sp³-hybridized carbons (Fsp3) is 0.545. The monoisotopic (exact) mass is 244 g/mol. The van der Waals surface area contributed by atoms with Crippen LogP contribution in [0.15, 0.2) is 12.3 Å². The van der Waals surface area contributed by atoms with Crippen molar-refractivity contribution >= 4 is 29.1 Å². The summed E-state index contributed by atoms with van der Waals surface area (Å²) >= 11 is 7.81. The van der Waals surface area contributed by atoms with Crippen molar-refractivity contribution in [3.8, 4) is 0 Å². The highest BCUT2D eigenvalue weighted by Crippen LogP contribution is 2.15. The van der Waals surface area contributed by atoms with Gasteiger partial charge in [0.15, 0.2) is 0 Å². The molecular formula is C11H17ClN2S. The summed E-state index contributed by atoms with van der Waals surface area (Å²) in [6.07, 6.45) is 2.96. The van der Waals surface area contributed by atoms with E-state index in [9.17, 15) is 0 Å². The van der Waals surface area contributed by atoms with Gasteiger partial charge in [0.2, 0.25) is 0 Å². The largest absolute Gasteiger partial charge is 0.384 e. The Bertz CT molecular complexity index is 305. The molecule has 1 aromatic rings. The van der Waals surface area contributed by atoms with Crippen molar-refractivity contribution in [2.45, 2.75) is 20.3 Å². The van der Waals surface area contributed by atoms with Crippen molar-refractivity contribution in [1.29, 1.82) is 0 Å². The lowest BCUT2D eigenvalue weighted by molar-refractivity contribution is 0.988. The van der Waals surface area contributed by atoms with Gasteiger partial charge >= 0.3 is 0 Å². The highest BCUT2D eigenvalue weighted by atomic mass is 35.5. The summed E-state index contributed by atoms with van der Waals surface area (Å²) in [7, 11) is 0. The molecule has 0 radical (unpaired) electrons. The number of nitrogens with one attached hydrogen (secondary N) is 1. The Morgan fingerprint density at radius 3 is 3.00 bits per heavy atom. The highest BCUT2D eigenvalue weighted by molar-refractivity contribution is 7.99. The molecule has 0 fully saturated rings. The van der Waals surface area contributed by atoms with E-state index in [0.29, 0.717) is 5.15 Å². The second-order valence-corrected chi connectivity index (χ2v) is 5.06. The first-order valence-electron chi connectivity index (χ1n) is 5.17. The van der Waals surface area contributed by atoms with Gasteiger partial charge in [0.25, 0.3) is 0 Å². The third kappa shape index (κ3) is 4.76. The van der Waals surface area contributed by atoms with Gasteiger partial charge in [-0.3, -0.25) is 0 Å². The molecule has 0 saturated carbocycles. The molecule has 0 unspecified atom stereocenters. The summed E-state index contributed by atoms with van der Waals surface area (Å²) in [6, 6.07) is 2.03. The Hall–Kier alpha value is -0.410. The Balaban J connectivity index is 2.28. The Labute approximate surface area is 101 Å². The second kappa shape index (κ2) is 6.96. The number of thioether (sulfide) groups is 1. The number of halogens is 1. The zero-order valence-corrected chi connectivity index (χ0v) is 10.8. The van der Waals surface area contributed by atoms with E-state index in [-0.39, 0.29) is 0 Å². The molecule has 84 valence electrons. The molecule has 4 heteroatoms. The number of aromatic nitrogens is 1. The molecule has 0 aliphatic heterocycles. The quantitative estimate of drug-likeness (QED) is 0.612. The van der Waals surface area contributed by atoms with Crippen LogP contribution in [0.25, 0.3) is 0 Å². The molecule has 1 heterocycles. The lowest BCUT2D eigenvalue weighted by atomic mass is 10.3. The molecule has 2 nitrogen and oxygen atoms in total. The van der Waals surface area contributed by atoms with Crippen molar-refractivity contribution in [2.75, 3.05) is 23.4 Å². The average molecular weight is 245 g/mol. The first-order valence-corrected chi connectivity index (χ1v) is 6.71. The number of hydrogen-bond acceptors (Lipinski definition) is 3. The van der Waals surface area contributed by atoms with E-state index in [0.717, 1.165) is 17.8 Å². The number of pyridine rings is 1. The molecular weight excluding hydrogens is 228 g/mol. The second-order valence-electron chi connectivity index (χ2n) is 3.31. The van der Waals surface area contributed by atoms with Crippen LogP contribution in [-0.4, -0.2) is 23.0 Å². The lowest BCUT2D eigenvalue weighted by Crippen LogP contribution is -2.03. The molecule has 0 bridgehead atoms. The Kier molecular flexibility index (Phi) is 5.88. The summed E-state index contributed by atoms with van der Waals surface area (Å²) < 4.78 is 0. The maximum absolute atomic E-state index is 5.84. The minimum absolute atomic E-state index is 0.585. The van der Waals surface area contributed by atoms with Crippen molar-refractivity contribution in [3.05, 3.63) is 23.0 Å². The van der Waals surface area contributed by atoms with Gasteiger partial charge in [0.1, 0.15) is 5.15 Å². The topological polar surface area (TPSA) is 24.9 Å². The van der Waals surface area contributed by atoms with E-state index in [1.807, 2.05) is 24.8 Å². The SMILES string of the molecule is CCSCCCNc1cnc(Cl)c(C)c1. The van der Waals surface area contributed by atoms with Crippen molar-refractivity contribution in [3.63, 3.8) is 0 Å². The van der Waals surface area contributed by atoms with Crippen LogP contribution in [0.3, 0.4) is 0 Å². The van der Waals surface area contributed by atoms with Crippen molar-refractivity contribution < 1.29 is 0 Å². The fourth-order valence-corrected chi connectivity index (χ4v) is 1.95. The Morgan fingerprint density at radius 2 is 2.33 bits per heavy atom. The van der Waals surface area contributed by atoms with Gasteiger partial charge in [-0.2, -0.15) is 11.8 Å². The van der Waals surface area contributed by atoms with Gasteiger partial charge in [-0.15, -0.1) is 0 Å². The summed E-state index contributed by atoms with van der Waals surface area (Å²) in [5.41, 5.74) is 2.07. The van der Waals surface area contributed by atoms with E-state index in [1.165, 1.54) is 17.9 Å². The standard InChI is InChI=1S/C11H17ClN2S/c1-3-15-6-4-5-13-10-7-9(2)11(12)14-8-10/h7-8,13H,3-6H2,1-2H3. The molecule has 0 aliphatic carbocycles. The number of aryl methyl sites for hydroxylation is 1. The van der Waals surface area contributed by atoms with Crippen LogP contribution in [0.5, 0.6) is 0 Å². The molecule has 0 aromatic carbocycles. The molecule has 0 atom stereocenters. The van der Waals surface area contributed by atoms with Crippen molar-refractivity contribution in [2.24, 2.45) is 0 Å². The van der Waals surface area contributed by atoms with Crippen LogP contribution in [0.2, 0.25) is 5.15 Å². The van der Waals surface area contributed by atoms with E-state index < -0.39 is 0 Å². The van der Waals surface area contributed by atoms with Crippen molar-refractivity contribution in [1.82, 2.24) is 4.98 Å². The predicted molar refractivity (Wildman–Crippen MR) is 70.1 cm³/mol. The molecule has 1 N–H and O–H groups in total. The van der Waals surface area contributed by atoms with E-state index in [4.69, 9.17) is 11.6 Å². The van der Waals surface area contributed by atoms with Gasteiger partial charge in [-0.1, -0.05) is 18.5 Å². The smallest absolute Gasteiger partial charge is 0.132 e. The van der Waals surface area contributed by atoms with Crippen LogP contribution >= 0.6 is 23.4 Å². The minimum atomic E-state index is 0.585. The number of hydrogen-bond donors (Lipinski definition) is 1. The molecule has 1 rings (SSSR count). The molecule has 15 heavy (non-hydrogen) atoms. The zero-order valence-electron chi connectivity index (χ0n) is 9.22. The summed E-state index contributed by atoms with van der Waals surface area (Å²) in [6.45, 7) is 5.15. The molecule has 0 aliphatic rings. The van der Waals surface area contributed by atoms with Crippen LogP contribution in [-0.2, 0) is 0 Å². The zero-order chi connectivity index (χ0) is 11.1. The van der Waals surface area contributed by atoms with Crippen LogP contribution in [0.4, 0.5) is 5.69 Å². The van der Waals surface area contributed by atoms with Crippen LogP contribution < -0.4 is 5.32 Å². The first-order chi connectivity index (χ1) is 7.24. The average Bonchev–Trinajstić information content (AvgIpc) is 2.23. The fourth-order valence-electron chi connectivity index (χ4n) is 1.21. The molecule has 0 amide bonds. The maximum atomic E-state index is 5.84. The molecule has 1 aromatic heterocycles. The lowest BCUT2D eigenvalue weighted by Gasteiger charge is -2.06. The van der Waals surface area contributed by atoms with E-state index >= 15 is 0 Å². The number of anilines is 1. The Morgan fingerprint density at radius 1 is 1.53 bits per heavy atom. The number of nitrogens with zero attached hydrogens (tertiary/aromatic N) is 1. The van der Waals surface area contributed by atoms with Gasteiger partial charge < -0.3 is 5.32 Å². The predicted octanol–water partition coefficient (Wildman–Crippen LogP) is 3.60. The molecule has 0 saturated heterocycles. The van der Waals surface area contributed by atoms with Gasteiger partial charge in [-0.25, -0.2) is 4.98 Å². The summed E-state index contributed by atoms with van der Waals surface area (Å²) in [5, 5.41) is 3.92. The van der Waals surface area contributed by atoms with E-state index in [1.54, 1.807) is 6.20 Å². The first kappa shape index (κ1) is 12.7. The number of rotatable bonds is 6. The van der Waals surface area contributed by atoms with Gasteiger partial charge in [0, 0.05) is 6.54 Å². The summed E-state index contributed by atoms with van der Waals surface area (Å²) in [5.74, 6) is 2.41. The van der Waals surface area contributed by atoms with Crippen LogP contribution in [0.1, 0.15) is 18.9 Å².